The zero-order valence-corrected chi connectivity index (χ0v) is 9.11. The lowest BCUT2D eigenvalue weighted by molar-refractivity contribution is -0.115. The Kier molecular flexibility index (Phi) is 3.13. The molecular weight excluding hydrogens is 225 g/mol. The number of halogens is 1. The van der Waals surface area contributed by atoms with E-state index >= 15 is 0 Å². The third-order valence-corrected chi connectivity index (χ3v) is 2.02. The van der Waals surface area contributed by atoms with Gasteiger partial charge in [0.1, 0.15) is 5.82 Å². The SMILES string of the molecule is Cc1nc(CC(=O)Nc2ccc(F)cc2)no1. The van der Waals surface area contributed by atoms with E-state index in [0.717, 1.165) is 0 Å². The molecule has 1 aromatic heterocycles. The number of amides is 1. The monoisotopic (exact) mass is 235 g/mol. The third-order valence-electron chi connectivity index (χ3n) is 2.02. The Bertz CT molecular complexity index is 522. The van der Waals surface area contributed by atoms with Crippen LogP contribution < -0.4 is 5.32 Å². The molecule has 0 atom stereocenters. The lowest BCUT2D eigenvalue weighted by Crippen LogP contribution is -2.15. The number of nitrogens with one attached hydrogen (secondary N) is 1. The molecule has 2 aromatic rings. The van der Waals surface area contributed by atoms with Crippen molar-refractivity contribution in [3.05, 3.63) is 41.8 Å². The summed E-state index contributed by atoms with van der Waals surface area (Å²) >= 11 is 0. The molecule has 1 aromatic carbocycles. The second-order valence-electron chi connectivity index (χ2n) is 3.46. The van der Waals surface area contributed by atoms with E-state index in [1.54, 1.807) is 6.92 Å². The van der Waals surface area contributed by atoms with E-state index in [4.69, 9.17) is 4.52 Å². The average Bonchev–Trinajstić information content (AvgIpc) is 2.67. The molecule has 0 radical (unpaired) electrons. The van der Waals surface area contributed by atoms with Crippen molar-refractivity contribution in [2.75, 3.05) is 5.32 Å². The molecule has 1 amide bonds. The van der Waals surface area contributed by atoms with Gasteiger partial charge in [-0.25, -0.2) is 4.39 Å². The largest absolute Gasteiger partial charge is 0.340 e. The summed E-state index contributed by atoms with van der Waals surface area (Å²) < 4.78 is 17.4. The minimum atomic E-state index is -0.350. The Morgan fingerprint density at radius 2 is 2.12 bits per heavy atom. The van der Waals surface area contributed by atoms with Crippen molar-refractivity contribution in [2.24, 2.45) is 0 Å². The highest BCUT2D eigenvalue weighted by atomic mass is 19.1. The number of hydrogen-bond acceptors (Lipinski definition) is 4. The average molecular weight is 235 g/mol. The van der Waals surface area contributed by atoms with Crippen LogP contribution in [0.1, 0.15) is 11.7 Å². The van der Waals surface area contributed by atoms with Gasteiger partial charge in [0.05, 0.1) is 6.42 Å². The van der Waals surface area contributed by atoms with E-state index in [0.29, 0.717) is 17.4 Å². The third kappa shape index (κ3) is 3.10. The lowest BCUT2D eigenvalue weighted by atomic mass is 10.3. The first kappa shape index (κ1) is 11.3. The van der Waals surface area contributed by atoms with Crippen molar-refractivity contribution >= 4 is 11.6 Å². The number of nitrogens with zero attached hydrogens (tertiary/aromatic N) is 2. The fourth-order valence-corrected chi connectivity index (χ4v) is 1.30. The van der Waals surface area contributed by atoms with Gasteiger partial charge in [0, 0.05) is 12.6 Å². The predicted octanol–water partition coefficient (Wildman–Crippen LogP) is 1.70. The highest BCUT2D eigenvalue weighted by molar-refractivity contribution is 5.91. The normalized spacial score (nSPS) is 10.2. The van der Waals surface area contributed by atoms with Crippen molar-refractivity contribution in [1.29, 1.82) is 0 Å². The van der Waals surface area contributed by atoms with Gasteiger partial charge in [0.15, 0.2) is 5.82 Å². The first-order chi connectivity index (χ1) is 8.13. The van der Waals surface area contributed by atoms with Gasteiger partial charge < -0.3 is 9.84 Å². The number of carbonyl (C=O) groups excluding carboxylic acids is 1. The molecule has 6 heteroatoms. The molecule has 2 rings (SSSR count). The molecule has 0 saturated heterocycles. The molecule has 0 spiro atoms. The van der Waals surface area contributed by atoms with E-state index < -0.39 is 0 Å². The molecule has 0 unspecified atom stereocenters. The van der Waals surface area contributed by atoms with Gasteiger partial charge in [-0.05, 0) is 24.3 Å². The summed E-state index contributed by atoms with van der Waals surface area (Å²) in [6, 6.07) is 5.51. The van der Waals surface area contributed by atoms with Crippen molar-refractivity contribution in [3.63, 3.8) is 0 Å². The van der Waals surface area contributed by atoms with Crippen LogP contribution >= 0.6 is 0 Å². The van der Waals surface area contributed by atoms with E-state index in [1.165, 1.54) is 24.3 Å². The Labute approximate surface area is 96.6 Å². The molecule has 0 bridgehead atoms. The number of hydrogen-bond donors (Lipinski definition) is 1. The van der Waals surface area contributed by atoms with Crippen LogP contribution in [-0.4, -0.2) is 16.0 Å². The summed E-state index contributed by atoms with van der Waals surface area (Å²) in [6.45, 7) is 1.65. The molecule has 0 fully saturated rings. The summed E-state index contributed by atoms with van der Waals surface area (Å²) in [6.07, 6.45) is 0.0225. The number of benzene rings is 1. The highest BCUT2D eigenvalue weighted by Gasteiger charge is 2.09. The summed E-state index contributed by atoms with van der Waals surface area (Å²) in [5.74, 6) is 0.103. The maximum atomic E-state index is 12.6. The summed E-state index contributed by atoms with van der Waals surface area (Å²) in [5, 5.41) is 6.20. The zero-order valence-electron chi connectivity index (χ0n) is 9.11. The molecule has 88 valence electrons. The van der Waals surface area contributed by atoms with Crippen LogP contribution in [0.4, 0.5) is 10.1 Å². The number of rotatable bonds is 3. The van der Waals surface area contributed by atoms with Crippen LogP contribution in [0.25, 0.3) is 0 Å². The molecule has 17 heavy (non-hydrogen) atoms. The lowest BCUT2D eigenvalue weighted by Gasteiger charge is -2.02. The first-order valence-electron chi connectivity index (χ1n) is 4.98. The predicted molar refractivity (Wildman–Crippen MR) is 57.8 cm³/mol. The molecule has 5 nitrogen and oxygen atoms in total. The van der Waals surface area contributed by atoms with Crippen LogP contribution in [0, 0.1) is 12.7 Å². The minimum absolute atomic E-state index is 0.0225. The molecule has 0 saturated carbocycles. The quantitative estimate of drug-likeness (QED) is 0.879. The number of anilines is 1. The topological polar surface area (TPSA) is 68.0 Å². The second kappa shape index (κ2) is 4.73. The van der Waals surface area contributed by atoms with Crippen molar-refractivity contribution in [1.82, 2.24) is 10.1 Å². The number of aryl methyl sites for hydroxylation is 1. The zero-order chi connectivity index (χ0) is 12.3. The fourth-order valence-electron chi connectivity index (χ4n) is 1.30. The Hall–Kier alpha value is -2.24. The van der Waals surface area contributed by atoms with Gasteiger partial charge in [-0.3, -0.25) is 4.79 Å². The van der Waals surface area contributed by atoms with Gasteiger partial charge in [0.25, 0.3) is 0 Å². The molecule has 0 aliphatic rings. The Balaban J connectivity index is 1.95. The van der Waals surface area contributed by atoms with E-state index in [1.807, 2.05) is 0 Å². The molecule has 0 aliphatic carbocycles. The summed E-state index contributed by atoms with van der Waals surface area (Å²) in [5.41, 5.74) is 0.525. The van der Waals surface area contributed by atoms with Crippen LogP contribution in [0.3, 0.4) is 0 Å². The van der Waals surface area contributed by atoms with Crippen LogP contribution in [0.2, 0.25) is 0 Å². The molecule has 1 N–H and O–H groups in total. The maximum absolute atomic E-state index is 12.6. The molecule has 1 heterocycles. The van der Waals surface area contributed by atoms with Crippen molar-refractivity contribution in [2.45, 2.75) is 13.3 Å². The van der Waals surface area contributed by atoms with Crippen LogP contribution in [0.5, 0.6) is 0 Å². The maximum Gasteiger partial charge on any atom is 0.232 e. The standard InChI is InChI=1S/C11H10FN3O2/c1-7-13-10(15-17-7)6-11(16)14-9-4-2-8(12)3-5-9/h2-5H,6H2,1H3,(H,14,16). The molecular formula is C11H10FN3O2. The Morgan fingerprint density at radius 3 is 2.71 bits per heavy atom. The highest BCUT2D eigenvalue weighted by Crippen LogP contribution is 2.08. The van der Waals surface area contributed by atoms with Crippen molar-refractivity contribution in [3.8, 4) is 0 Å². The minimum Gasteiger partial charge on any atom is -0.340 e. The van der Waals surface area contributed by atoms with E-state index in [-0.39, 0.29) is 18.1 Å². The fraction of sp³-hybridized carbons (Fsp3) is 0.182. The summed E-state index contributed by atoms with van der Waals surface area (Å²) in [4.78, 5) is 15.5. The first-order valence-corrected chi connectivity index (χ1v) is 4.98. The van der Waals surface area contributed by atoms with Crippen LogP contribution in [-0.2, 0) is 11.2 Å². The van der Waals surface area contributed by atoms with Gasteiger partial charge in [-0.1, -0.05) is 5.16 Å². The van der Waals surface area contributed by atoms with Gasteiger partial charge in [-0.2, -0.15) is 4.98 Å². The van der Waals surface area contributed by atoms with Gasteiger partial charge in [0.2, 0.25) is 11.8 Å². The smallest absolute Gasteiger partial charge is 0.232 e. The van der Waals surface area contributed by atoms with Gasteiger partial charge in [-0.15, -0.1) is 0 Å². The van der Waals surface area contributed by atoms with Crippen molar-refractivity contribution < 1.29 is 13.7 Å². The number of aromatic nitrogens is 2. The van der Waals surface area contributed by atoms with Crippen LogP contribution in [0.15, 0.2) is 28.8 Å². The molecule has 0 aliphatic heterocycles. The Morgan fingerprint density at radius 1 is 1.41 bits per heavy atom. The van der Waals surface area contributed by atoms with E-state index in [9.17, 15) is 9.18 Å². The van der Waals surface area contributed by atoms with Gasteiger partial charge >= 0.3 is 0 Å². The second-order valence-corrected chi connectivity index (χ2v) is 3.46. The van der Waals surface area contributed by atoms with E-state index in [2.05, 4.69) is 15.5 Å². The summed E-state index contributed by atoms with van der Waals surface area (Å²) in [7, 11) is 0. The number of carbonyl (C=O) groups is 1.